The van der Waals surface area contributed by atoms with E-state index < -0.39 is 0 Å². The van der Waals surface area contributed by atoms with Gasteiger partial charge in [-0.1, -0.05) is 5.16 Å². The molecule has 0 aromatic carbocycles. The van der Waals surface area contributed by atoms with Gasteiger partial charge in [-0.25, -0.2) is 4.98 Å². The zero-order chi connectivity index (χ0) is 9.26. The quantitative estimate of drug-likeness (QED) is 0.766. The lowest BCUT2D eigenvalue weighted by molar-refractivity contribution is 0.424. The Morgan fingerprint density at radius 3 is 2.77 bits per heavy atom. The summed E-state index contributed by atoms with van der Waals surface area (Å²) in [6, 6.07) is 3.69. The molecule has 2 rings (SSSR count). The van der Waals surface area contributed by atoms with Crippen LogP contribution in [0, 0.1) is 6.92 Å². The van der Waals surface area contributed by atoms with Crippen LogP contribution in [0.4, 0.5) is 0 Å². The molecule has 0 aliphatic carbocycles. The number of hydrogen-bond donors (Lipinski definition) is 0. The number of halogens is 1. The van der Waals surface area contributed by atoms with E-state index in [2.05, 4.69) is 31.1 Å². The fourth-order valence-corrected chi connectivity index (χ4v) is 1.14. The highest BCUT2D eigenvalue weighted by Crippen LogP contribution is 2.16. The van der Waals surface area contributed by atoms with E-state index in [9.17, 15) is 0 Å². The average Bonchev–Trinajstić information content (AvgIpc) is 2.53. The van der Waals surface area contributed by atoms with Gasteiger partial charge in [0, 0.05) is 10.7 Å². The Labute approximate surface area is 83.1 Å². The molecule has 66 valence electrons. The number of nitrogens with zero attached hydrogens (tertiary/aromatic N) is 3. The topological polar surface area (TPSA) is 51.8 Å². The molecular weight excluding hydrogens is 234 g/mol. The highest BCUT2D eigenvalue weighted by atomic mass is 79.9. The molecule has 5 heteroatoms. The van der Waals surface area contributed by atoms with Crippen LogP contribution in [-0.4, -0.2) is 15.1 Å². The summed E-state index contributed by atoms with van der Waals surface area (Å²) in [5.74, 6) is 1.06. The smallest absolute Gasteiger partial charge is 0.276 e. The van der Waals surface area contributed by atoms with Gasteiger partial charge in [-0.15, -0.1) is 0 Å². The second-order valence-electron chi connectivity index (χ2n) is 2.51. The minimum Gasteiger partial charge on any atom is -0.332 e. The summed E-state index contributed by atoms with van der Waals surface area (Å²) in [4.78, 5) is 8.17. The van der Waals surface area contributed by atoms with Gasteiger partial charge in [0.15, 0.2) is 5.82 Å². The Balaban J connectivity index is 2.41. The summed E-state index contributed by atoms with van der Waals surface area (Å²) in [5.41, 5.74) is 0.684. The third-order valence-electron chi connectivity index (χ3n) is 1.47. The van der Waals surface area contributed by atoms with Crippen LogP contribution < -0.4 is 0 Å². The number of pyridine rings is 1. The maximum absolute atomic E-state index is 4.95. The minimum atomic E-state index is 0.449. The predicted octanol–water partition coefficient (Wildman–Crippen LogP) is 2.20. The standard InChI is InChI=1S/C8H6BrN3O/c1-5-11-8(13-12-5)7-3-2-6(9)4-10-7/h2-4H,1H3. The van der Waals surface area contributed by atoms with Crippen LogP contribution in [0.3, 0.4) is 0 Å². The lowest BCUT2D eigenvalue weighted by Gasteiger charge is -1.91. The summed E-state index contributed by atoms with van der Waals surface area (Å²) >= 11 is 3.29. The first kappa shape index (κ1) is 8.37. The maximum Gasteiger partial charge on any atom is 0.276 e. The van der Waals surface area contributed by atoms with Crippen molar-refractivity contribution in [2.24, 2.45) is 0 Å². The number of aryl methyl sites for hydroxylation is 1. The molecule has 2 heterocycles. The van der Waals surface area contributed by atoms with Gasteiger partial charge in [-0.05, 0) is 35.0 Å². The van der Waals surface area contributed by atoms with Gasteiger partial charge in [-0.3, -0.25) is 0 Å². The monoisotopic (exact) mass is 239 g/mol. The first-order chi connectivity index (χ1) is 6.25. The average molecular weight is 240 g/mol. The van der Waals surface area contributed by atoms with E-state index in [1.807, 2.05) is 12.1 Å². The van der Waals surface area contributed by atoms with E-state index in [0.717, 1.165) is 4.47 Å². The molecule has 0 N–H and O–H groups in total. The molecule has 13 heavy (non-hydrogen) atoms. The third-order valence-corrected chi connectivity index (χ3v) is 1.94. The van der Waals surface area contributed by atoms with Crippen molar-refractivity contribution in [3.8, 4) is 11.6 Å². The normalized spacial score (nSPS) is 10.3. The predicted molar refractivity (Wildman–Crippen MR) is 50.0 cm³/mol. The van der Waals surface area contributed by atoms with Gasteiger partial charge < -0.3 is 4.52 Å². The molecule has 0 bridgehead atoms. The SMILES string of the molecule is Cc1noc(-c2ccc(Br)cn2)n1. The van der Waals surface area contributed by atoms with Crippen LogP contribution in [0.1, 0.15) is 5.82 Å². The molecule has 0 aliphatic rings. The van der Waals surface area contributed by atoms with E-state index in [1.165, 1.54) is 0 Å². The molecule has 0 saturated heterocycles. The molecule has 0 atom stereocenters. The van der Waals surface area contributed by atoms with Crippen LogP contribution in [0.2, 0.25) is 0 Å². The molecule has 2 aromatic rings. The number of rotatable bonds is 1. The van der Waals surface area contributed by atoms with Crippen LogP contribution in [0.5, 0.6) is 0 Å². The summed E-state index contributed by atoms with van der Waals surface area (Å²) in [6.07, 6.45) is 1.69. The highest BCUT2D eigenvalue weighted by molar-refractivity contribution is 9.10. The zero-order valence-corrected chi connectivity index (χ0v) is 8.45. The first-order valence-electron chi connectivity index (χ1n) is 3.68. The van der Waals surface area contributed by atoms with Crippen LogP contribution in [-0.2, 0) is 0 Å². The van der Waals surface area contributed by atoms with Gasteiger partial charge in [-0.2, -0.15) is 4.98 Å². The number of hydrogen-bond acceptors (Lipinski definition) is 4. The van der Waals surface area contributed by atoms with Crippen molar-refractivity contribution in [3.63, 3.8) is 0 Å². The zero-order valence-electron chi connectivity index (χ0n) is 6.86. The van der Waals surface area contributed by atoms with Crippen molar-refractivity contribution in [2.45, 2.75) is 6.92 Å². The van der Waals surface area contributed by atoms with E-state index in [0.29, 0.717) is 17.4 Å². The molecular formula is C8H6BrN3O. The van der Waals surface area contributed by atoms with Gasteiger partial charge >= 0.3 is 0 Å². The second kappa shape index (κ2) is 3.26. The molecule has 0 fully saturated rings. The van der Waals surface area contributed by atoms with Crippen molar-refractivity contribution in [2.75, 3.05) is 0 Å². The van der Waals surface area contributed by atoms with Crippen molar-refractivity contribution >= 4 is 15.9 Å². The summed E-state index contributed by atoms with van der Waals surface area (Å²) < 4.78 is 5.87. The van der Waals surface area contributed by atoms with E-state index >= 15 is 0 Å². The van der Waals surface area contributed by atoms with E-state index in [-0.39, 0.29) is 0 Å². The van der Waals surface area contributed by atoms with Gasteiger partial charge in [0.1, 0.15) is 5.69 Å². The molecule has 0 radical (unpaired) electrons. The Morgan fingerprint density at radius 1 is 1.38 bits per heavy atom. The number of aromatic nitrogens is 3. The fourth-order valence-electron chi connectivity index (χ4n) is 0.903. The Bertz CT molecular complexity index is 410. The van der Waals surface area contributed by atoms with Crippen LogP contribution in [0.15, 0.2) is 27.3 Å². The molecule has 2 aromatic heterocycles. The third kappa shape index (κ3) is 1.75. The molecule has 0 amide bonds. The lowest BCUT2D eigenvalue weighted by Crippen LogP contribution is -1.82. The van der Waals surface area contributed by atoms with Crippen LogP contribution in [0.25, 0.3) is 11.6 Å². The second-order valence-corrected chi connectivity index (χ2v) is 3.42. The molecule has 0 spiro atoms. The summed E-state index contributed by atoms with van der Waals surface area (Å²) in [5, 5.41) is 3.68. The van der Waals surface area contributed by atoms with Gasteiger partial charge in [0.25, 0.3) is 5.89 Å². The summed E-state index contributed by atoms with van der Waals surface area (Å²) in [6.45, 7) is 1.77. The molecule has 4 nitrogen and oxygen atoms in total. The van der Waals surface area contributed by atoms with Gasteiger partial charge in [0.2, 0.25) is 0 Å². The van der Waals surface area contributed by atoms with Crippen molar-refractivity contribution < 1.29 is 4.52 Å². The van der Waals surface area contributed by atoms with Crippen molar-refractivity contribution in [1.29, 1.82) is 0 Å². The fraction of sp³-hybridized carbons (Fsp3) is 0.125. The Kier molecular flexibility index (Phi) is 2.10. The largest absolute Gasteiger partial charge is 0.332 e. The highest BCUT2D eigenvalue weighted by Gasteiger charge is 2.06. The van der Waals surface area contributed by atoms with Gasteiger partial charge in [0.05, 0.1) is 0 Å². The summed E-state index contributed by atoms with van der Waals surface area (Å²) in [7, 11) is 0. The first-order valence-corrected chi connectivity index (χ1v) is 4.47. The minimum absolute atomic E-state index is 0.449. The van der Waals surface area contributed by atoms with Crippen molar-refractivity contribution in [3.05, 3.63) is 28.6 Å². The Hall–Kier alpha value is -1.23. The van der Waals surface area contributed by atoms with Crippen LogP contribution >= 0.6 is 15.9 Å². The van der Waals surface area contributed by atoms with E-state index in [4.69, 9.17) is 4.52 Å². The van der Waals surface area contributed by atoms with E-state index in [1.54, 1.807) is 13.1 Å². The maximum atomic E-state index is 4.95. The van der Waals surface area contributed by atoms with Crippen molar-refractivity contribution in [1.82, 2.24) is 15.1 Å². The molecule has 0 aliphatic heterocycles. The Morgan fingerprint density at radius 2 is 2.23 bits per heavy atom. The molecule has 0 unspecified atom stereocenters. The molecule has 0 saturated carbocycles. The lowest BCUT2D eigenvalue weighted by atomic mass is 10.3.